The Bertz CT molecular complexity index is 810. The van der Waals surface area contributed by atoms with Crippen LogP contribution in [0.25, 0.3) is 0 Å². The van der Waals surface area contributed by atoms with Gasteiger partial charge in [0.2, 0.25) is 0 Å². The molecule has 0 unspecified atom stereocenters. The Morgan fingerprint density at radius 3 is 2.48 bits per heavy atom. The number of aliphatic imine (C=N–C) groups is 1. The van der Waals surface area contributed by atoms with Gasteiger partial charge in [0.25, 0.3) is 0 Å². The smallest absolute Gasteiger partial charge is 0.191 e. The maximum Gasteiger partial charge on any atom is 0.191 e. The summed E-state index contributed by atoms with van der Waals surface area (Å²) in [7, 11) is 0. The van der Waals surface area contributed by atoms with Crippen LogP contribution in [0.4, 0.5) is 0 Å². The van der Waals surface area contributed by atoms with Crippen molar-refractivity contribution in [2.75, 3.05) is 26.2 Å². The molecule has 0 spiro atoms. The molecule has 2 N–H and O–H groups in total. The fourth-order valence-electron chi connectivity index (χ4n) is 4.07. The molecule has 7 heteroatoms. The van der Waals surface area contributed by atoms with Crippen molar-refractivity contribution in [3.63, 3.8) is 0 Å². The Balaban J connectivity index is 0.00000341. The molecule has 1 saturated heterocycles. The third kappa shape index (κ3) is 8.44. The van der Waals surface area contributed by atoms with Gasteiger partial charge in [0.05, 0.1) is 12.2 Å². The Morgan fingerprint density at radius 2 is 1.81 bits per heavy atom. The average molecular weight is 539 g/mol. The first-order valence-corrected chi connectivity index (χ1v) is 11.5. The third-order valence-corrected chi connectivity index (χ3v) is 5.66. The van der Waals surface area contributed by atoms with E-state index in [1.54, 1.807) is 0 Å². The molecule has 1 aromatic heterocycles. The van der Waals surface area contributed by atoms with Crippen LogP contribution in [0.15, 0.2) is 35.3 Å². The molecule has 0 aliphatic carbocycles. The van der Waals surface area contributed by atoms with Crippen LogP contribution < -0.4 is 10.6 Å². The largest absolute Gasteiger partial charge is 0.357 e. The summed E-state index contributed by atoms with van der Waals surface area (Å²) >= 11 is 0. The van der Waals surface area contributed by atoms with Gasteiger partial charge in [-0.3, -0.25) is 9.58 Å². The summed E-state index contributed by atoms with van der Waals surface area (Å²) in [5, 5.41) is 11.4. The molecule has 0 radical (unpaired) electrons. The van der Waals surface area contributed by atoms with E-state index in [9.17, 15) is 0 Å². The highest BCUT2D eigenvalue weighted by Gasteiger charge is 2.12. The van der Waals surface area contributed by atoms with Crippen molar-refractivity contribution in [3.8, 4) is 0 Å². The van der Waals surface area contributed by atoms with Crippen LogP contribution >= 0.6 is 24.0 Å². The SMILES string of the molecule is CCNC(=NCc1ccccc1CN1CCCCC1)NCCCn1nc(C)cc1C.I. The van der Waals surface area contributed by atoms with Gasteiger partial charge >= 0.3 is 0 Å². The molecule has 3 rings (SSSR count). The average Bonchev–Trinajstić information content (AvgIpc) is 3.08. The molecule has 172 valence electrons. The highest BCUT2D eigenvalue weighted by Crippen LogP contribution is 2.16. The molecule has 1 aliphatic rings. The van der Waals surface area contributed by atoms with E-state index >= 15 is 0 Å². The summed E-state index contributed by atoms with van der Waals surface area (Å²) in [6.07, 6.45) is 5.04. The van der Waals surface area contributed by atoms with E-state index in [4.69, 9.17) is 4.99 Å². The predicted molar refractivity (Wildman–Crippen MR) is 140 cm³/mol. The first kappa shape index (κ1) is 25.6. The number of guanidine groups is 1. The first-order valence-electron chi connectivity index (χ1n) is 11.5. The van der Waals surface area contributed by atoms with E-state index in [0.717, 1.165) is 44.3 Å². The molecular weight excluding hydrogens is 499 g/mol. The monoisotopic (exact) mass is 538 g/mol. The molecule has 0 atom stereocenters. The number of aryl methyl sites for hydroxylation is 3. The minimum Gasteiger partial charge on any atom is -0.357 e. The van der Waals surface area contributed by atoms with Gasteiger partial charge in [0.1, 0.15) is 0 Å². The normalized spacial score (nSPS) is 14.9. The lowest BCUT2D eigenvalue weighted by molar-refractivity contribution is 0.220. The molecule has 0 saturated carbocycles. The van der Waals surface area contributed by atoms with E-state index in [2.05, 4.69) is 69.5 Å². The first-order chi connectivity index (χ1) is 14.7. The highest BCUT2D eigenvalue weighted by molar-refractivity contribution is 14.0. The Kier molecular flexibility index (Phi) is 11.4. The van der Waals surface area contributed by atoms with E-state index in [1.165, 1.54) is 49.2 Å². The number of hydrogen-bond donors (Lipinski definition) is 2. The van der Waals surface area contributed by atoms with Gasteiger partial charge in [-0.25, -0.2) is 4.99 Å². The summed E-state index contributed by atoms with van der Waals surface area (Å²) in [4.78, 5) is 7.44. The highest BCUT2D eigenvalue weighted by atomic mass is 127. The van der Waals surface area contributed by atoms with Crippen molar-refractivity contribution >= 4 is 29.9 Å². The van der Waals surface area contributed by atoms with Crippen molar-refractivity contribution < 1.29 is 0 Å². The molecular formula is C24H39IN6. The van der Waals surface area contributed by atoms with Crippen LogP contribution in [-0.2, 0) is 19.6 Å². The molecule has 1 fully saturated rings. The lowest BCUT2D eigenvalue weighted by atomic mass is 10.1. The summed E-state index contributed by atoms with van der Waals surface area (Å²) in [5.41, 5.74) is 5.03. The van der Waals surface area contributed by atoms with Crippen molar-refractivity contribution in [1.29, 1.82) is 0 Å². The molecule has 2 aromatic rings. The maximum absolute atomic E-state index is 4.86. The van der Waals surface area contributed by atoms with Gasteiger partial charge in [-0.15, -0.1) is 24.0 Å². The van der Waals surface area contributed by atoms with Crippen LogP contribution in [0.2, 0.25) is 0 Å². The number of piperidine rings is 1. The Labute approximate surface area is 204 Å². The number of nitrogens with zero attached hydrogens (tertiary/aromatic N) is 4. The zero-order valence-corrected chi connectivity index (χ0v) is 21.7. The fourth-order valence-corrected chi connectivity index (χ4v) is 4.07. The molecule has 0 bridgehead atoms. The standard InChI is InChI=1S/C24H38N6.HI/c1-4-25-24(26-13-10-16-30-21(3)17-20(2)28-30)27-18-22-11-6-7-12-23(22)19-29-14-8-5-9-15-29;/h6-7,11-12,17H,4-5,8-10,13-16,18-19H2,1-3H3,(H2,25,26,27);1H. The molecule has 2 heterocycles. The molecule has 0 amide bonds. The third-order valence-electron chi connectivity index (χ3n) is 5.66. The lowest BCUT2D eigenvalue weighted by Gasteiger charge is -2.27. The van der Waals surface area contributed by atoms with Crippen molar-refractivity contribution in [2.24, 2.45) is 4.99 Å². The fraction of sp³-hybridized carbons (Fsp3) is 0.583. The summed E-state index contributed by atoms with van der Waals surface area (Å²) in [6, 6.07) is 10.9. The van der Waals surface area contributed by atoms with E-state index in [1.807, 2.05) is 6.92 Å². The second kappa shape index (κ2) is 13.7. The van der Waals surface area contributed by atoms with Crippen LogP contribution in [0.1, 0.15) is 55.1 Å². The van der Waals surface area contributed by atoms with E-state index in [0.29, 0.717) is 6.54 Å². The number of benzene rings is 1. The Morgan fingerprint density at radius 1 is 1.06 bits per heavy atom. The van der Waals surface area contributed by atoms with Gasteiger partial charge in [-0.1, -0.05) is 30.7 Å². The van der Waals surface area contributed by atoms with Gasteiger partial charge < -0.3 is 10.6 Å². The minimum atomic E-state index is 0. The van der Waals surface area contributed by atoms with E-state index < -0.39 is 0 Å². The second-order valence-corrected chi connectivity index (χ2v) is 8.23. The molecule has 1 aliphatic heterocycles. The van der Waals surface area contributed by atoms with Gasteiger partial charge in [0.15, 0.2) is 5.96 Å². The van der Waals surface area contributed by atoms with Crippen LogP contribution in [-0.4, -0.2) is 46.8 Å². The second-order valence-electron chi connectivity index (χ2n) is 8.23. The quantitative estimate of drug-likeness (QED) is 0.217. The Hall–Kier alpha value is -1.61. The number of aromatic nitrogens is 2. The zero-order valence-electron chi connectivity index (χ0n) is 19.4. The molecule has 1 aromatic carbocycles. The molecule has 6 nitrogen and oxygen atoms in total. The van der Waals surface area contributed by atoms with Crippen LogP contribution in [0, 0.1) is 13.8 Å². The van der Waals surface area contributed by atoms with Crippen molar-refractivity contribution in [1.82, 2.24) is 25.3 Å². The summed E-state index contributed by atoms with van der Waals surface area (Å²) in [5.74, 6) is 0.888. The number of likely N-dealkylation sites (tertiary alicyclic amines) is 1. The van der Waals surface area contributed by atoms with Crippen molar-refractivity contribution in [2.45, 2.75) is 66.1 Å². The van der Waals surface area contributed by atoms with Crippen molar-refractivity contribution in [3.05, 3.63) is 52.8 Å². The zero-order chi connectivity index (χ0) is 21.2. The summed E-state index contributed by atoms with van der Waals surface area (Å²) < 4.78 is 2.08. The topological polar surface area (TPSA) is 57.5 Å². The lowest BCUT2D eigenvalue weighted by Crippen LogP contribution is -2.38. The summed E-state index contributed by atoms with van der Waals surface area (Å²) in [6.45, 7) is 13.1. The number of rotatable bonds is 9. The predicted octanol–water partition coefficient (Wildman–Crippen LogP) is 4.25. The maximum atomic E-state index is 4.86. The number of nitrogens with one attached hydrogen (secondary N) is 2. The van der Waals surface area contributed by atoms with Gasteiger partial charge in [-0.2, -0.15) is 5.10 Å². The van der Waals surface area contributed by atoms with Gasteiger partial charge in [-0.05, 0) is 70.3 Å². The number of hydrogen-bond acceptors (Lipinski definition) is 3. The number of halogens is 1. The van der Waals surface area contributed by atoms with E-state index in [-0.39, 0.29) is 24.0 Å². The molecule has 31 heavy (non-hydrogen) atoms. The minimum absolute atomic E-state index is 0. The van der Waals surface area contributed by atoms with Gasteiger partial charge in [0, 0.05) is 31.9 Å². The van der Waals surface area contributed by atoms with Crippen LogP contribution in [0.5, 0.6) is 0 Å². The van der Waals surface area contributed by atoms with Crippen LogP contribution in [0.3, 0.4) is 0 Å².